The van der Waals surface area contributed by atoms with E-state index in [0.717, 1.165) is 44.8 Å². The Labute approximate surface area is 123 Å². The minimum absolute atomic E-state index is 0.158. The normalized spacial score (nSPS) is 37.0. The average Bonchev–Trinajstić information content (AvgIpc) is 2.38. The number of piperazine rings is 1. The predicted octanol–water partition coefficient (Wildman–Crippen LogP) is 2.29. The Bertz CT molecular complexity index is 334. The Morgan fingerprint density at radius 3 is 2.65 bits per heavy atom. The van der Waals surface area contributed by atoms with Crippen molar-refractivity contribution >= 4 is 5.97 Å². The number of carboxylic acids is 1. The molecule has 0 amide bonds. The van der Waals surface area contributed by atoms with Gasteiger partial charge in [-0.05, 0) is 39.2 Å². The summed E-state index contributed by atoms with van der Waals surface area (Å²) in [6.07, 6.45) is 5.52. The molecule has 0 aromatic heterocycles. The predicted molar refractivity (Wildman–Crippen MR) is 80.8 cm³/mol. The van der Waals surface area contributed by atoms with Gasteiger partial charge in [0.2, 0.25) is 0 Å². The third kappa shape index (κ3) is 3.53. The molecule has 0 aromatic rings. The fourth-order valence-electron chi connectivity index (χ4n) is 4.20. The smallest absolute Gasteiger partial charge is 0.308 e. The Morgan fingerprint density at radius 2 is 2.05 bits per heavy atom. The minimum Gasteiger partial charge on any atom is -0.481 e. The quantitative estimate of drug-likeness (QED) is 0.859. The SMILES string of the molecule is CCCC1CCC(C(=O)O)C(N2CCN(C)CC2C)C1. The first-order valence-electron chi connectivity index (χ1n) is 8.20. The number of hydrogen-bond donors (Lipinski definition) is 1. The maximum absolute atomic E-state index is 11.6. The summed E-state index contributed by atoms with van der Waals surface area (Å²) in [6.45, 7) is 7.62. The van der Waals surface area contributed by atoms with Gasteiger partial charge in [-0.2, -0.15) is 0 Å². The summed E-state index contributed by atoms with van der Waals surface area (Å²) >= 11 is 0. The molecule has 2 fully saturated rings. The second kappa shape index (κ2) is 6.90. The van der Waals surface area contributed by atoms with E-state index >= 15 is 0 Å². The molecule has 1 saturated carbocycles. The Morgan fingerprint density at radius 1 is 1.30 bits per heavy atom. The number of rotatable bonds is 4. The molecule has 2 rings (SSSR count). The molecule has 1 N–H and O–H groups in total. The molecule has 1 aliphatic carbocycles. The molecule has 1 heterocycles. The lowest BCUT2D eigenvalue weighted by molar-refractivity contribution is -0.147. The molecule has 20 heavy (non-hydrogen) atoms. The van der Waals surface area contributed by atoms with Crippen LogP contribution in [0.5, 0.6) is 0 Å². The molecular formula is C16H30N2O2. The highest BCUT2D eigenvalue weighted by Crippen LogP contribution is 2.36. The summed E-state index contributed by atoms with van der Waals surface area (Å²) in [4.78, 5) is 16.4. The van der Waals surface area contributed by atoms with E-state index in [1.165, 1.54) is 12.8 Å². The van der Waals surface area contributed by atoms with Gasteiger partial charge in [0.15, 0.2) is 0 Å². The first kappa shape index (κ1) is 15.8. The van der Waals surface area contributed by atoms with Crippen LogP contribution in [-0.2, 0) is 4.79 Å². The Hall–Kier alpha value is -0.610. The van der Waals surface area contributed by atoms with Crippen LogP contribution in [0, 0.1) is 11.8 Å². The molecule has 116 valence electrons. The number of likely N-dealkylation sites (N-methyl/N-ethyl adjacent to an activating group) is 1. The van der Waals surface area contributed by atoms with Crippen molar-refractivity contribution in [2.24, 2.45) is 11.8 Å². The third-order valence-electron chi connectivity index (χ3n) is 5.25. The summed E-state index contributed by atoms with van der Waals surface area (Å²) in [5.41, 5.74) is 0. The van der Waals surface area contributed by atoms with Crippen LogP contribution in [-0.4, -0.2) is 59.6 Å². The number of aliphatic carboxylic acids is 1. The highest BCUT2D eigenvalue weighted by atomic mass is 16.4. The molecular weight excluding hydrogens is 252 g/mol. The highest BCUT2D eigenvalue weighted by molar-refractivity contribution is 5.71. The monoisotopic (exact) mass is 282 g/mol. The summed E-state index contributed by atoms with van der Waals surface area (Å²) in [5.74, 6) is -0.0162. The van der Waals surface area contributed by atoms with E-state index in [0.29, 0.717) is 6.04 Å². The molecule has 0 bridgehead atoms. The van der Waals surface area contributed by atoms with E-state index < -0.39 is 5.97 Å². The summed E-state index contributed by atoms with van der Waals surface area (Å²) < 4.78 is 0. The number of carbonyl (C=O) groups is 1. The second-order valence-electron chi connectivity index (χ2n) is 6.83. The topological polar surface area (TPSA) is 43.8 Å². The number of nitrogens with zero attached hydrogens (tertiary/aromatic N) is 2. The fraction of sp³-hybridized carbons (Fsp3) is 0.938. The first-order chi connectivity index (χ1) is 9.52. The zero-order chi connectivity index (χ0) is 14.7. The van der Waals surface area contributed by atoms with Crippen LogP contribution < -0.4 is 0 Å². The van der Waals surface area contributed by atoms with Crippen LogP contribution in [0.1, 0.15) is 46.0 Å². The van der Waals surface area contributed by atoms with E-state index in [1.54, 1.807) is 0 Å². The summed E-state index contributed by atoms with van der Waals surface area (Å²) in [7, 11) is 2.16. The molecule has 4 heteroatoms. The van der Waals surface area contributed by atoms with Gasteiger partial charge in [0.1, 0.15) is 0 Å². The second-order valence-corrected chi connectivity index (χ2v) is 6.83. The molecule has 4 unspecified atom stereocenters. The van der Waals surface area contributed by atoms with Crippen molar-refractivity contribution in [3.63, 3.8) is 0 Å². The van der Waals surface area contributed by atoms with Gasteiger partial charge in [-0.15, -0.1) is 0 Å². The third-order valence-corrected chi connectivity index (χ3v) is 5.25. The maximum atomic E-state index is 11.6. The maximum Gasteiger partial charge on any atom is 0.308 e. The number of hydrogen-bond acceptors (Lipinski definition) is 3. The fourth-order valence-corrected chi connectivity index (χ4v) is 4.20. The van der Waals surface area contributed by atoms with E-state index in [9.17, 15) is 9.90 Å². The molecule has 4 nitrogen and oxygen atoms in total. The van der Waals surface area contributed by atoms with Crippen molar-refractivity contribution < 1.29 is 9.90 Å². The van der Waals surface area contributed by atoms with E-state index in [2.05, 4.69) is 30.7 Å². The standard InChI is InChI=1S/C16H30N2O2/c1-4-5-13-6-7-14(16(19)20)15(10-13)18-9-8-17(3)11-12(18)2/h12-15H,4-11H2,1-3H3,(H,19,20). The van der Waals surface area contributed by atoms with Gasteiger partial charge in [0, 0.05) is 31.7 Å². The van der Waals surface area contributed by atoms with Gasteiger partial charge in [-0.3, -0.25) is 9.69 Å². The van der Waals surface area contributed by atoms with Gasteiger partial charge in [0.05, 0.1) is 5.92 Å². The lowest BCUT2D eigenvalue weighted by Crippen LogP contribution is -2.58. The van der Waals surface area contributed by atoms with Gasteiger partial charge < -0.3 is 10.0 Å². The van der Waals surface area contributed by atoms with Crippen molar-refractivity contribution in [3.05, 3.63) is 0 Å². The van der Waals surface area contributed by atoms with Crippen LogP contribution in [0.25, 0.3) is 0 Å². The van der Waals surface area contributed by atoms with Crippen molar-refractivity contribution in [1.29, 1.82) is 0 Å². The van der Waals surface area contributed by atoms with E-state index in [1.807, 2.05) is 0 Å². The zero-order valence-corrected chi connectivity index (χ0v) is 13.2. The van der Waals surface area contributed by atoms with Gasteiger partial charge in [-0.1, -0.05) is 19.8 Å². The lowest BCUT2D eigenvalue weighted by Gasteiger charge is -2.47. The lowest BCUT2D eigenvalue weighted by atomic mass is 9.75. The molecule has 0 spiro atoms. The van der Waals surface area contributed by atoms with Gasteiger partial charge in [-0.25, -0.2) is 0 Å². The van der Waals surface area contributed by atoms with Crippen molar-refractivity contribution in [2.45, 2.75) is 58.0 Å². The first-order valence-corrected chi connectivity index (χ1v) is 8.20. The molecule has 0 aromatic carbocycles. The van der Waals surface area contributed by atoms with Gasteiger partial charge >= 0.3 is 5.97 Å². The van der Waals surface area contributed by atoms with Crippen LogP contribution in [0.3, 0.4) is 0 Å². The van der Waals surface area contributed by atoms with Crippen molar-refractivity contribution in [2.75, 3.05) is 26.7 Å². The highest BCUT2D eigenvalue weighted by Gasteiger charge is 2.40. The molecule has 1 saturated heterocycles. The summed E-state index contributed by atoms with van der Waals surface area (Å²) in [5, 5.41) is 9.56. The van der Waals surface area contributed by atoms with Crippen LogP contribution in [0.2, 0.25) is 0 Å². The summed E-state index contributed by atoms with van der Waals surface area (Å²) in [6, 6.07) is 0.725. The van der Waals surface area contributed by atoms with Crippen LogP contribution >= 0.6 is 0 Å². The van der Waals surface area contributed by atoms with Crippen molar-refractivity contribution in [1.82, 2.24) is 9.80 Å². The van der Waals surface area contributed by atoms with Crippen molar-refractivity contribution in [3.8, 4) is 0 Å². The average molecular weight is 282 g/mol. The minimum atomic E-state index is -0.587. The molecule has 4 atom stereocenters. The molecule has 1 aliphatic heterocycles. The van der Waals surface area contributed by atoms with E-state index in [4.69, 9.17) is 0 Å². The molecule has 2 aliphatic rings. The van der Waals surface area contributed by atoms with Crippen LogP contribution in [0.4, 0.5) is 0 Å². The van der Waals surface area contributed by atoms with Crippen LogP contribution in [0.15, 0.2) is 0 Å². The van der Waals surface area contributed by atoms with E-state index in [-0.39, 0.29) is 12.0 Å². The Balaban J connectivity index is 2.08. The zero-order valence-electron chi connectivity index (χ0n) is 13.2. The molecule has 0 radical (unpaired) electrons. The Kier molecular flexibility index (Phi) is 5.44. The number of carboxylic acid groups (broad SMARTS) is 1. The van der Waals surface area contributed by atoms with Gasteiger partial charge in [0.25, 0.3) is 0 Å². The largest absolute Gasteiger partial charge is 0.481 e.